The molecule has 3 rings (SSSR count). The van der Waals surface area contributed by atoms with Gasteiger partial charge >= 0.3 is 5.97 Å². The highest BCUT2D eigenvalue weighted by Crippen LogP contribution is 2.31. The van der Waals surface area contributed by atoms with Gasteiger partial charge in [-0.3, -0.25) is 4.79 Å². The summed E-state index contributed by atoms with van der Waals surface area (Å²) < 4.78 is 10.6. The van der Waals surface area contributed by atoms with E-state index in [0.29, 0.717) is 27.0 Å². The fourth-order valence-electron chi connectivity index (χ4n) is 2.72. The minimum atomic E-state index is -1.01. The van der Waals surface area contributed by atoms with Gasteiger partial charge in [0.15, 0.2) is 6.10 Å². The Morgan fingerprint density at radius 3 is 2.53 bits per heavy atom. The lowest BCUT2D eigenvalue weighted by Gasteiger charge is -2.16. The number of amides is 1. The average molecular weight is 445 g/mol. The van der Waals surface area contributed by atoms with Gasteiger partial charge in [-0.15, -0.1) is 11.3 Å². The van der Waals surface area contributed by atoms with Crippen LogP contribution in [0.3, 0.4) is 0 Å². The van der Waals surface area contributed by atoms with Crippen molar-refractivity contribution in [1.82, 2.24) is 4.98 Å². The second kappa shape index (κ2) is 9.28. The lowest BCUT2D eigenvalue weighted by atomic mass is 10.2. The lowest BCUT2D eigenvalue weighted by molar-refractivity contribution is -0.123. The molecule has 0 radical (unpaired) electrons. The number of aryl methyl sites for hydroxylation is 2. The summed E-state index contributed by atoms with van der Waals surface area (Å²) in [7, 11) is 1.48. The van der Waals surface area contributed by atoms with E-state index in [-0.39, 0.29) is 0 Å². The fraction of sp³-hybridized carbons (Fsp3) is 0.227. The number of ether oxygens (including phenoxy) is 2. The van der Waals surface area contributed by atoms with E-state index in [0.717, 1.165) is 16.1 Å². The molecular formula is C22H21ClN2O4S. The van der Waals surface area contributed by atoms with Crippen LogP contribution < -0.4 is 10.1 Å². The summed E-state index contributed by atoms with van der Waals surface area (Å²) in [6.45, 7) is 5.07. The number of nitrogens with zero attached hydrogens (tertiary/aromatic N) is 1. The molecule has 0 aliphatic carbocycles. The van der Waals surface area contributed by atoms with E-state index in [4.69, 9.17) is 21.1 Å². The summed E-state index contributed by atoms with van der Waals surface area (Å²) in [6.07, 6.45) is -1.01. The largest absolute Gasteiger partial charge is 0.495 e. The van der Waals surface area contributed by atoms with Gasteiger partial charge in [-0.05, 0) is 32.4 Å². The molecule has 6 nitrogen and oxygen atoms in total. The molecule has 0 fully saturated rings. The molecule has 3 aromatic rings. The van der Waals surface area contributed by atoms with Crippen molar-refractivity contribution in [1.29, 1.82) is 0 Å². The third-order valence-electron chi connectivity index (χ3n) is 4.39. The van der Waals surface area contributed by atoms with Crippen LogP contribution in [0.4, 0.5) is 5.69 Å². The highest BCUT2D eigenvalue weighted by atomic mass is 35.5. The molecule has 0 saturated carbocycles. The van der Waals surface area contributed by atoms with Crippen LogP contribution >= 0.6 is 22.9 Å². The predicted octanol–water partition coefficient (Wildman–Crippen LogP) is 5.27. The zero-order chi connectivity index (χ0) is 21.8. The Hall–Kier alpha value is -2.90. The highest BCUT2D eigenvalue weighted by molar-refractivity contribution is 7.17. The molecular weight excluding hydrogens is 424 g/mol. The van der Waals surface area contributed by atoms with Gasteiger partial charge in [-0.1, -0.05) is 41.9 Å². The zero-order valence-corrected chi connectivity index (χ0v) is 18.6. The monoisotopic (exact) mass is 444 g/mol. The number of anilines is 1. The van der Waals surface area contributed by atoms with Gasteiger partial charge in [0.05, 0.1) is 18.5 Å². The number of methoxy groups -OCH3 is 1. The molecule has 0 bridgehead atoms. The molecule has 0 saturated heterocycles. The van der Waals surface area contributed by atoms with Crippen LogP contribution in [0, 0.1) is 13.8 Å². The van der Waals surface area contributed by atoms with E-state index in [1.54, 1.807) is 19.1 Å². The molecule has 156 valence electrons. The fourth-order valence-corrected chi connectivity index (χ4v) is 3.83. The number of halogens is 1. The predicted molar refractivity (Wildman–Crippen MR) is 119 cm³/mol. The number of carbonyl (C=O) groups is 2. The van der Waals surface area contributed by atoms with Gasteiger partial charge in [0.2, 0.25) is 0 Å². The number of rotatable bonds is 6. The zero-order valence-electron chi connectivity index (χ0n) is 17.0. The number of nitrogens with one attached hydrogen (secondary N) is 1. The lowest BCUT2D eigenvalue weighted by Crippen LogP contribution is -2.30. The molecule has 0 aliphatic heterocycles. The van der Waals surface area contributed by atoms with Crippen molar-refractivity contribution in [2.24, 2.45) is 0 Å². The van der Waals surface area contributed by atoms with E-state index in [2.05, 4.69) is 10.3 Å². The molecule has 0 spiro atoms. The molecule has 8 heteroatoms. The molecule has 1 heterocycles. The maximum Gasteiger partial charge on any atom is 0.351 e. The Labute approximate surface area is 183 Å². The van der Waals surface area contributed by atoms with Crippen molar-refractivity contribution in [3.63, 3.8) is 0 Å². The van der Waals surface area contributed by atoms with Crippen LogP contribution in [0.1, 0.15) is 27.9 Å². The maximum atomic E-state index is 12.6. The molecule has 1 amide bonds. The maximum absolute atomic E-state index is 12.6. The average Bonchev–Trinajstić information content (AvgIpc) is 3.12. The number of hydrogen-bond acceptors (Lipinski definition) is 6. The van der Waals surface area contributed by atoms with Crippen molar-refractivity contribution >= 4 is 40.5 Å². The first-order chi connectivity index (χ1) is 14.3. The van der Waals surface area contributed by atoms with Crippen LogP contribution in [-0.4, -0.2) is 30.1 Å². The van der Waals surface area contributed by atoms with Gasteiger partial charge in [-0.25, -0.2) is 9.78 Å². The van der Waals surface area contributed by atoms with Crippen molar-refractivity contribution in [2.45, 2.75) is 26.9 Å². The van der Waals surface area contributed by atoms with E-state index >= 15 is 0 Å². The normalized spacial score (nSPS) is 11.6. The van der Waals surface area contributed by atoms with E-state index in [1.165, 1.54) is 25.4 Å². The molecule has 1 aromatic heterocycles. The third-order valence-corrected chi connectivity index (χ3v) is 5.99. The Kier molecular flexibility index (Phi) is 6.74. The first kappa shape index (κ1) is 21.8. The Balaban J connectivity index is 1.71. The number of hydrogen-bond donors (Lipinski definition) is 1. The van der Waals surface area contributed by atoms with Crippen molar-refractivity contribution in [3.8, 4) is 16.3 Å². The Bertz CT molecular complexity index is 1080. The van der Waals surface area contributed by atoms with Crippen LogP contribution in [0.5, 0.6) is 5.75 Å². The first-order valence-electron chi connectivity index (χ1n) is 9.19. The van der Waals surface area contributed by atoms with Gasteiger partial charge in [-0.2, -0.15) is 0 Å². The van der Waals surface area contributed by atoms with E-state index in [9.17, 15) is 9.59 Å². The minimum Gasteiger partial charge on any atom is -0.495 e. The van der Waals surface area contributed by atoms with E-state index in [1.807, 2.05) is 37.3 Å². The van der Waals surface area contributed by atoms with Crippen LogP contribution in [0.25, 0.3) is 10.6 Å². The SMILES string of the molecule is COc1cc(Cl)c(C)cc1NC(=O)C(C)OC(=O)c1sc(-c2ccccc2)nc1C. The number of thiazole rings is 1. The molecule has 0 aliphatic rings. The number of esters is 1. The molecule has 30 heavy (non-hydrogen) atoms. The molecule has 1 N–H and O–H groups in total. The molecule has 2 aromatic carbocycles. The summed E-state index contributed by atoms with van der Waals surface area (Å²) in [5.74, 6) is -0.647. The first-order valence-corrected chi connectivity index (χ1v) is 10.4. The summed E-state index contributed by atoms with van der Waals surface area (Å²) in [5.41, 5.74) is 2.71. The van der Waals surface area contributed by atoms with Crippen LogP contribution in [-0.2, 0) is 9.53 Å². The number of aromatic nitrogens is 1. The second-order valence-electron chi connectivity index (χ2n) is 6.64. The van der Waals surface area contributed by atoms with Gasteiger partial charge < -0.3 is 14.8 Å². The standard InChI is InChI=1S/C22H21ClN2O4S/c1-12-10-17(18(28-4)11-16(12)23)25-20(26)14(3)29-22(27)19-13(2)24-21(30-19)15-8-6-5-7-9-15/h5-11,14H,1-4H3,(H,25,26). The minimum absolute atomic E-state index is 0.369. The van der Waals surface area contributed by atoms with Crippen molar-refractivity contribution < 1.29 is 19.1 Å². The van der Waals surface area contributed by atoms with Crippen molar-refractivity contribution in [2.75, 3.05) is 12.4 Å². The summed E-state index contributed by atoms with van der Waals surface area (Å²) >= 11 is 7.33. The van der Waals surface area contributed by atoms with E-state index < -0.39 is 18.0 Å². The van der Waals surface area contributed by atoms with Gasteiger partial charge in [0, 0.05) is 16.7 Å². The smallest absolute Gasteiger partial charge is 0.351 e. The van der Waals surface area contributed by atoms with Gasteiger partial charge in [0.1, 0.15) is 15.6 Å². The third kappa shape index (κ3) is 4.80. The Morgan fingerprint density at radius 1 is 1.17 bits per heavy atom. The van der Waals surface area contributed by atoms with Crippen LogP contribution in [0.2, 0.25) is 5.02 Å². The summed E-state index contributed by atoms with van der Waals surface area (Å²) in [4.78, 5) is 30.0. The Morgan fingerprint density at radius 2 is 1.87 bits per heavy atom. The topological polar surface area (TPSA) is 77.5 Å². The van der Waals surface area contributed by atoms with Gasteiger partial charge in [0.25, 0.3) is 5.91 Å². The highest BCUT2D eigenvalue weighted by Gasteiger charge is 2.24. The van der Waals surface area contributed by atoms with Crippen LogP contribution in [0.15, 0.2) is 42.5 Å². The molecule has 1 atom stereocenters. The summed E-state index contributed by atoms with van der Waals surface area (Å²) in [5, 5.41) is 3.97. The quantitative estimate of drug-likeness (QED) is 0.524. The second-order valence-corrected chi connectivity index (χ2v) is 8.04. The summed E-state index contributed by atoms with van der Waals surface area (Å²) in [6, 6.07) is 12.9. The van der Waals surface area contributed by atoms with Crippen molar-refractivity contribution in [3.05, 3.63) is 63.6 Å². The molecule has 1 unspecified atom stereocenters. The number of benzene rings is 2. The number of carbonyl (C=O) groups excluding carboxylic acids is 2.